The Balaban J connectivity index is 2.61. The van der Waals surface area contributed by atoms with Gasteiger partial charge in [0.05, 0.1) is 25.4 Å². The molecule has 0 saturated carbocycles. The van der Waals surface area contributed by atoms with Gasteiger partial charge in [-0.05, 0) is 83.5 Å². The Labute approximate surface area is 313 Å². The maximum atomic E-state index is 13.0. The van der Waals surface area contributed by atoms with Crippen LogP contribution in [0.5, 0.6) is 0 Å². The predicted octanol–water partition coefficient (Wildman–Crippen LogP) is 5.05. The van der Waals surface area contributed by atoms with Crippen LogP contribution in [0.3, 0.4) is 0 Å². The summed E-state index contributed by atoms with van der Waals surface area (Å²) in [6.07, 6.45) is 23.2. The van der Waals surface area contributed by atoms with E-state index >= 15 is 0 Å². The Morgan fingerprint density at radius 2 is 1.21 bits per heavy atom. The molecule has 0 aromatic carbocycles. The molecule has 0 spiro atoms. The number of carbonyl (C=O) groups excluding carboxylic acids is 1. The lowest BCUT2D eigenvalue weighted by atomic mass is 9.98. The quantitative estimate of drug-likeness (QED) is 0.0353. The van der Waals surface area contributed by atoms with Crippen molar-refractivity contribution in [1.82, 2.24) is 5.32 Å². The van der Waals surface area contributed by atoms with Crippen LogP contribution in [0, 0.1) is 0 Å². The van der Waals surface area contributed by atoms with Gasteiger partial charge in [0.15, 0.2) is 6.29 Å². The largest absolute Gasteiger partial charge is 0.394 e. The molecule has 0 aromatic heterocycles. The van der Waals surface area contributed by atoms with Gasteiger partial charge in [0.2, 0.25) is 5.91 Å². The Bertz CT molecular complexity index is 987. The van der Waals surface area contributed by atoms with Crippen molar-refractivity contribution < 1.29 is 50.0 Å². The van der Waals surface area contributed by atoms with Gasteiger partial charge in [0.1, 0.15) is 36.6 Å². The van der Waals surface area contributed by atoms with E-state index in [1.165, 1.54) is 38.5 Å². The second kappa shape index (κ2) is 31.4. The van der Waals surface area contributed by atoms with Crippen molar-refractivity contribution in [3.8, 4) is 0 Å². The van der Waals surface area contributed by atoms with Crippen LogP contribution in [0.15, 0.2) is 48.6 Å². The average Bonchev–Trinajstić information content (AvgIpc) is 3.14. The molecule has 1 fully saturated rings. The fourth-order valence-corrected chi connectivity index (χ4v) is 5.94. The van der Waals surface area contributed by atoms with E-state index in [4.69, 9.17) is 9.47 Å². The first-order valence-corrected chi connectivity index (χ1v) is 20.0. The minimum Gasteiger partial charge on any atom is -0.394 e. The Morgan fingerprint density at radius 1 is 0.673 bits per heavy atom. The van der Waals surface area contributed by atoms with E-state index < -0.39 is 74.2 Å². The molecule has 1 heterocycles. The summed E-state index contributed by atoms with van der Waals surface area (Å²) in [5, 5.41) is 75.2. The Kier molecular flexibility index (Phi) is 29.1. The molecule has 0 aromatic rings. The van der Waals surface area contributed by atoms with E-state index in [9.17, 15) is 40.5 Å². The van der Waals surface area contributed by atoms with Gasteiger partial charge in [0, 0.05) is 0 Å². The molecule has 8 N–H and O–H groups in total. The number of rotatable bonds is 31. The highest BCUT2D eigenvalue weighted by Crippen LogP contribution is 2.23. The van der Waals surface area contributed by atoms with Gasteiger partial charge in [0.25, 0.3) is 0 Å². The van der Waals surface area contributed by atoms with Crippen LogP contribution in [-0.4, -0.2) is 110 Å². The van der Waals surface area contributed by atoms with E-state index in [0.717, 1.165) is 51.4 Å². The lowest BCUT2D eigenvalue weighted by molar-refractivity contribution is -0.303. The highest BCUT2D eigenvalue weighted by molar-refractivity contribution is 5.80. The molecular weight excluding hydrogens is 666 g/mol. The van der Waals surface area contributed by atoms with Crippen molar-refractivity contribution in [1.29, 1.82) is 0 Å². The molecule has 1 amide bonds. The van der Waals surface area contributed by atoms with Crippen LogP contribution in [0.1, 0.15) is 136 Å². The second-order valence-electron chi connectivity index (χ2n) is 13.9. The standard InChI is InChI=1S/C41H73NO10/c1-3-5-7-9-11-13-15-17-19-20-22-24-26-28-33(44)36(46)32(31-51-41-39(49)38(48)37(47)35(30-43)52-41)42-40(50)34(45)29-27-25-23-21-18-16-14-12-10-8-6-4-2/h5,7,13,15,18,20-22,32-39,41,43-49H,3-4,6,8-12,14,16-17,19,23-31H2,1-2H3,(H,42,50)/b7-5+,15-13+,21-18-,22-20+. The molecule has 9 atom stereocenters. The summed E-state index contributed by atoms with van der Waals surface area (Å²) in [6, 6.07) is -1.20. The first kappa shape index (κ1) is 48.1. The first-order valence-electron chi connectivity index (χ1n) is 20.0. The van der Waals surface area contributed by atoms with E-state index in [1.807, 2.05) is 6.08 Å². The SMILES string of the molecule is CC/C=C/CC/C=C/CC/C=C/CCCC(O)C(O)C(COC1OC(CO)C(O)C(O)C1O)NC(=O)C(O)CCCC/C=C\CCCCCCCC. The zero-order chi connectivity index (χ0) is 38.4. The molecule has 0 bridgehead atoms. The Hall–Kier alpha value is -1.93. The normalized spacial score (nSPS) is 23.6. The van der Waals surface area contributed by atoms with Gasteiger partial charge in [-0.25, -0.2) is 0 Å². The highest BCUT2D eigenvalue weighted by atomic mass is 16.7. The zero-order valence-electron chi connectivity index (χ0n) is 32.0. The number of hydrogen-bond donors (Lipinski definition) is 8. The van der Waals surface area contributed by atoms with E-state index in [1.54, 1.807) is 0 Å². The molecule has 9 unspecified atom stereocenters. The number of carbonyl (C=O) groups is 1. The summed E-state index contributed by atoms with van der Waals surface area (Å²) in [4.78, 5) is 13.0. The number of aliphatic hydroxyl groups excluding tert-OH is 7. The van der Waals surface area contributed by atoms with Crippen LogP contribution in [0.4, 0.5) is 0 Å². The third-order valence-electron chi connectivity index (χ3n) is 9.32. The topological polar surface area (TPSA) is 189 Å². The van der Waals surface area contributed by atoms with Gasteiger partial charge < -0.3 is 50.5 Å². The molecule has 1 aliphatic rings. The van der Waals surface area contributed by atoms with Crippen LogP contribution >= 0.6 is 0 Å². The molecule has 0 radical (unpaired) electrons. The van der Waals surface area contributed by atoms with Crippen molar-refractivity contribution in [2.75, 3.05) is 13.2 Å². The fraction of sp³-hybridized carbons (Fsp3) is 0.780. The maximum absolute atomic E-state index is 13.0. The number of ether oxygens (including phenoxy) is 2. The molecule has 0 aliphatic carbocycles. The van der Waals surface area contributed by atoms with Crippen molar-refractivity contribution in [3.63, 3.8) is 0 Å². The summed E-state index contributed by atoms with van der Waals surface area (Å²) in [6.45, 7) is 3.24. The second-order valence-corrected chi connectivity index (χ2v) is 13.9. The molecule has 1 saturated heterocycles. The minimum absolute atomic E-state index is 0.217. The third kappa shape index (κ3) is 21.7. The van der Waals surface area contributed by atoms with Crippen molar-refractivity contribution >= 4 is 5.91 Å². The Morgan fingerprint density at radius 3 is 1.81 bits per heavy atom. The van der Waals surface area contributed by atoms with Gasteiger partial charge >= 0.3 is 0 Å². The van der Waals surface area contributed by atoms with Crippen LogP contribution in [0.25, 0.3) is 0 Å². The number of hydrogen-bond acceptors (Lipinski definition) is 10. The number of unbranched alkanes of at least 4 members (excludes halogenated alkanes) is 11. The fourth-order valence-electron chi connectivity index (χ4n) is 5.94. The third-order valence-corrected chi connectivity index (χ3v) is 9.32. The van der Waals surface area contributed by atoms with Crippen LogP contribution in [0.2, 0.25) is 0 Å². The predicted molar refractivity (Wildman–Crippen MR) is 205 cm³/mol. The van der Waals surface area contributed by atoms with Crippen molar-refractivity contribution in [2.45, 2.75) is 191 Å². The van der Waals surface area contributed by atoms with Gasteiger partial charge in [-0.2, -0.15) is 0 Å². The molecule has 1 rings (SSSR count). The lowest BCUT2D eigenvalue weighted by Gasteiger charge is -2.40. The smallest absolute Gasteiger partial charge is 0.249 e. The summed E-state index contributed by atoms with van der Waals surface area (Å²) in [5.41, 5.74) is 0. The van der Waals surface area contributed by atoms with Crippen LogP contribution in [-0.2, 0) is 14.3 Å². The van der Waals surface area contributed by atoms with E-state index in [-0.39, 0.29) is 12.8 Å². The van der Waals surface area contributed by atoms with E-state index in [0.29, 0.717) is 19.3 Å². The number of allylic oxidation sites excluding steroid dienone is 8. The van der Waals surface area contributed by atoms with Crippen molar-refractivity contribution in [2.24, 2.45) is 0 Å². The molecule has 302 valence electrons. The monoisotopic (exact) mass is 740 g/mol. The highest BCUT2D eigenvalue weighted by Gasteiger charge is 2.44. The summed E-state index contributed by atoms with van der Waals surface area (Å²) < 4.78 is 11.0. The van der Waals surface area contributed by atoms with Gasteiger partial charge in [-0.1, -0.05) is 101 Å². The number of nitrogens with one attached hydrogen (secondary N) is 1. The maximum Gasteiger partial charge on any atom is 0.249 e. The summed E-state index contributed by atoms with van der Waals surface area (Å²) >= 11 is 0. The van der Waals surface area contributed by atoms with Crippen LogP contribution < -0.4 is 5.32 Å². The van der Waals surface area contributed by atoms with Gasteiger partial charge in [-0.15, -0.1) is 0 Å². The molecule has 52 heavy (non-hydrogen) atoms. The van der Waals surface area contributed by atoms with Gasteiger partial charge in [-0.3, -0.25) is 4.79 Å². The molecule has 11 heteroatoms. The average molecular weight is 740 g/mol. The summed E-state index contributed by atoms with van der Waals surface area (Å²) in [5.74, 6) is -0.735. The van der Waals surface area contributed by atoms with Crippen molar-refractivity contribution in [3.05, 3.63) is 48.6 Å². The number of amides is 1. The zero-order valence-corrected chi connectivity index (χ0v) is 32.0. The molecule has 11 nitrogen and oxygen atoms in total. The number of aliphatic hydroxyl groups is 7. The summed E-state index contributed by atoms with van der Waals surface area (Å²) in [7, 11) is 0. The first-order chi connectivity index (χ1) is 25.2. The molecular formula is C41H73NO10. The lowest BCUT2D eigenvalue weighted by Crippen LogP contribution is -2.60. The minimum atomic E-state index is -1.67. The molecule has 1 aliphatic heterocycles. The van der Waals surface area contributed by atoms with E-state index in [2.05, 4.69) is 61.7 Å².